The zero-order valence-corrected chi connectivity index (χ0v) is 59.2. The van der Waals surface area contributed by atoms with Gasteiger partial charge < -0.3 is 19.1 Å². The van der Waals surface area contributed by atoms with E-state index in [-0.39, 0.29) is 7.43 Å². The average Bonchev–Trinajstić information content (AvgIpc) is 1.60. The summed E-state index contributed by atoms with van der Waals surface area (Å²) in [4.78, 5) is 4.29. The van der Waals surface area contributed by atoms with E-state index >= 15 is 0 Å². The highest BCUT2D eigenvalue weighted by Crippen LogP contribution is 2.45. The van der Waals surface area contributed by atoms with Crippen molar-refractivity contribution in [3.05, 3.63) is 381 Å². The van der Waals surface area contributed by atoms with E-state index in [1.54, 1.807) is 0 Å². The molecule has 104 heavy (non-hydrogen) atoms. The van der Waals surface area contributed by atoms with E-state index in [1.165, 1.54) is 98.4 Å². The van der Waals surface area contributed by atoms with Gasteiger partial charge >= 0.3 is 0 Å². The molecule has 0 saturated heterocycles. The maximum absolute atomic E-state index is 6.85. The molecule has 0 amide bonds. The molecule has 0 atom stereocenters. The minimum absolute atomic E-state index is 0. The quantitative estimate of drug-likeness (QED) is 0.116. The number of benzene rings is 18. The van der Waals surface area contributed by atoms with E-state index in [1.807, 2.05) is 35.3 Å². The lowest BCUT2D eigenvalue weighted by atomic mass is 10.00. The van der Waals surface area contributed by atoms with Crippen molar-refractivity contribution in [3.63, 3.8) is 0 Å². The zero-order chi connectivity index (χ0) is 69.2. The summed E-state index contributed by atoms with van der Waals surface area (Å²) in [5.41, 5.74) is 18.4. The normalized spacial score (nSPS) is 11.1. The Hall–Kier alpha value is -12.3. The first-order chi connectivity index (χ1) is 50.9. The van der Waals surface area contributed by atoms with E-state index in [0.29, 0.717) is 5.02 Å². The Bertz CT molecular complexity index is 6260. The number of para-hydroxylation sites is 2. The van der Waals surface area contributed by atoms with Gasteiger partial charge in [-0.1, -0.05) is 321 Å². The zero-order valence-electron chi connectivity index (χ0n) is 56.3. The van der Waals surface area contributed by atoms with E-state index < -0.39 is 0 Å². The van der Waals surface area contributed by atoms with Crippen LogP contribution in [0, 0.1) is 0 Å². The molecular formula is C98H70ClIN2O2. The molecular weight excluding hydrogens is 1400 g/mol. The third-order valence-corrected chi connectivity index (χ3v) is 19.9. The van der Waals surface area contributed by atoms with Gasteiger partial charge in [0.05, 0.1) is 10.7 Å². The van der Waals surface area contributed by atoms with Crippen molar-refractivity contribution in [2.75, 3.05) is 15.1 Å². The molecule has 498 valence electrons. The Morgan fingerprint density at radius 2 is 0.519 bits per heavy atom. The van der Waals surface area contributed by atoms with E-state index in [0.717, 1.165) is 83.1 Å². The molecule has 0 bridgehead atoms. The number of anilines is 5. The molecule has 6 heteroatoms. The van der Waals surface area contributed by atoms with Gasteiger partial charge in [0.1, 0.15) is 11.2 Å². The van der Waals surface area contributed by atoms with Crippen molar-refractivity contribution >= 4 is 171 Å². The molecule has 20 rings (SSSR count). The van der Waals surface area contributed by atoms with Crippen LogP contribution >= 0.6 is 34.2 Å². The lowest BCUT2D eigenvalue weighted by Crippen LogP contribution is -2.10. The first-order valence-electron chi connectivity index (χ1n) is 34.6. The molecule has 20 aromatic rings. The number of halogens is 2. The molecule has 0 spiro atoms. The molecule has 0 aliphatic heterocycles. The van der Waals surface area contributed by atoms with E-state index in [4.69, 9.17) is 20.4 Å². The van der Waals surface area contributed by atoms with Crippen molar-refractivity contribution in [3.8, 4) is 44.5 Å². The second-order valence-corrected chi connectivity index (χ2v) is 26.2. The van der Waals surface area contributed by atoms with Crippen LogP contribution in [0.25, 0.3) is 153 Å². The van der Waals surface area contributed by atoms with Crippen LogP contribution in [0.2, 0.25) is 5.02 Å². The van der Waals surface area contributed by atoms with Crippen LogP contribution in [0.1, 0.15) is 7.43 Å². The first-order valence-corrected chi connectivity index (χ1v) is 37.1. The van der Waals surface area contributed by atoms with Gasteiger partial charge in [-0.2, -0.15) is 0 Å². The first kappa shape index (κ1) is 66.3. The molecule has 0 radical (unpaired) electrons. The van der Waals surface area contributed by atoms with Crippen molar-refractivity contribution in [2.24, 2.45) is 0 Å². The molecule has 2 heterocycles. The van der Waals surface area contributed by atoms with Gasteiger partial charge in [0, 0.05) is 55.1 Å². The summed E-state index contributed by atoms with van der Waals surface area (Å²) in [6.45, 7) is 0. The monoisotopic (exact) mass is 1470 g/mol. The summed E-state index contributed by atoms with van der Waals surface area (Å²) in [5.74, 6) is 0. The molecule has 0 aliphatic carbocycles. The lowest BCUT2D eigenvalue weighted by Gasteiger charge is -2.26. The summed E-state index contributed by atoms with van der Waals surface area (Å²) in [7, 11) is 0. The summed E-state index contributed by atoms with van der Waals surface area (Å²) in [6, 6.07) is 133. The molecule has 0 saturated carbocycles. The number of hydrogen-bond acceptors (Lipinski definition) is 4. The predicted molar refractivity (Wildman–Crippen MR) is 457 cm³/mol. The van der Waals surface area contributed by atoms with Crippen LogP contribution in [-0.4, -0.2) is 4.93 Å². The van der Waals surface area contributed by atoms with Crippen molar-refractivity contribution in [2.45, 2.75) is 7.43 Å². The summed E-state index contributed by atoms with van der Waals surface area (Å²) in [5, 5.41) is 23.3. The number of furan rings is 2. The largest absolute Gasteiger partial charge is 0.454 e. The minimum atomic E-state index is 0. The SMILES string of the molecule is C.CI.Clc1cccc2c1oc1c3ccccc3ccc21.c1ccc2cc(-c3ccc(N(c4ccc(-c5ccc6ccccc6c5)cc4)c4cccc5c4oc4c6ccccc6ccc54)cc3)ccc2c1.c1ccc2cc(-c3ccc(Nc4ccc(-c5ccc6ccccc6c5)cc4)cc3)ccc2c1. The van der Waals surface area contributed by atoms with Gasteiger partial charge in [-0.3, -0.25) is 0 Å². The van der Waals surface area contributed by atoms with Gasteiger partial charge in [-0.05, 0) is 200 Å². The van der Waals surface area contributed by atoms with Crippen LogP contribution in [0.5, 0.6) is 0 Å². The van der Waals surface area contributed by atoms with Crippen molar-refractivity contribution in [1.29, 1.82) is 0 Å². The van der Waals surface area contributed by atoms with Crippen molar-refractivity contribution in [1.82, 2.24) is 0 Å². The average molecular weight is 1470 g/mol. The highest BCUT2D eigenvalue weighted by atomic mass is 127. The number of fused-ring (bicyclic) bond motifs is 14. The summed E-state index contributed by atoms with van der Waals surface area (Å²) >= 11 is 8.34. The maximum atomic E-state index is 6.85. The highest BCUT2D eigenvalue weighted by Gasteiger charge is 2.21. The fraction of sp³-hybridized carbons (Fsp3) is 0.0204. The van der Waals surface area contributed by atoms with Crippen molar-refractivity contribution < 1.29 is 8.83 Å². The molecule has 0 fully saturated rings. The van der Waals surface area contributed by atoms with E-state index in [9.17, 15) is 0 Å². The maximum Gasteiger partial charge on any atom is 0.159 e. The lowest BCUT2D eigenvalue weighted by molar-refractivity contribution is 0.672. The number of rotatable bonds is 9. The summed E-state index contributed by atoms with van der Waals surface area (Å²) < 4.78 is 12.8. The number of hydrogen-bond donors (Lipinski definition) is 1. The Kier molecular flexibility index (Phi) is 18.7. The fourth-order valence-corrected chi connectivity index (χ4v) is 14.6. The van der Waals surface area contributed by atoms with Crippen LogP contribution < -0.4 is 10.2 Å². The summed E-state index contributed by atoms with van der Waals surface area (Å²) in [6.07, 6.45) is 0. The van der Waals surface area contributed by atoms with Crippen LogP contribution in [0.3, 0.4) is 0 Å². The molecule has 4 nitrogen and oxygen atoms in total. The Morgan fingerprint density at radius 1 is 0.240 bits per heavy atom. The van der Waals surface area contributed by atoms with Gasteiger partial charge in [0.15, 0.2) is 11.2 Å². The van der Waals surface area contributed by atoms with Crippen LogP contribution in [0.4, 0.5) is 28.4 Å². The molecule has 0 aliphatic rings. The second kappa shape index (κ2) is 29.4. The number of nitrogens with zero attached hydrogens (tertiary/aromatic N) is 1. The smallest absolute Gasteiger partial charge is 0.159 e. The minimum Gasteiger partial charge on any atom is -0.454 e. The van der Waals surface area contributed by atoms with E-state index in [2.05, 4.69) is 379 Å². The second-order valence-electron chi connectivity index (χ2n) is 25.8. The Morgan fingerprint density at radius 3 is 0.904 bits per heavy atom. The fourth-order valence-electron chi connectivity index (χ4n) is 14.3. The van der Waals surface area contributed by atoms with Gasteiger partial charge in [0.25, 0.3) is 0 Å². The third-order valence-electron chi connectivity index (χ3n) is 19.6. The molecule has 2 aromatic heterocycles. The number of alkyl halides is 1. The van der Waals surface area contributed by atoms with Crippen LogP contribution in [0.15, 0.2) is 385 Å². The van der Waals surface area contributed by atoms with Gasteiger partial charge in [-0.25, -0.2) is 0 Å². The predicted octanol–water partition coefficient (Wildman–Crippen LogP) is 30.0. The molecule has 0 unspecified atom stereocenters. The molecule has 18 aromatic carbocycles. The third kappa shape index (κ3) is 13.2. The molecule has 1 N–H and O–H groups in total. The standard InChI is InChI=1S/C48H31NO.C32H23N.C16H9ClO.CH3I.CH4/c1-3-11-37-30-39(18-16-32(37)8-1)34-20-25-41(26-21-34)49(42-27-22-35(23-28-42)40-19-17-33-9-2-4-12-38(33)31-40)46-15-7-14-44-45-29-24-36-10-5-6-13-43(36)47(45)50-48(44)46;1-3-7-27-21-29(11-9-23(27)5-1)25-13-17-31(18-14-25)33-32-19-15-26(16-20-32)30-12-10-24-6-2-4-8-28(24)22-30;17-14-7-3-6-12-13-9-8-10-4-1-2-5-11(10)15(13)18-16(12)14;1-2;/h1-31H;1-22,33H;1-9H;1H3;1H4. The van der Waals surface area contributed by atoms with Crippen LogP contribution in [-0.2, 0) is 0 Å². The Labute approximate surface area is 623 Å². The van der Waals surface area contributed by atoms with Gasteiger partial charge in [0.2, 0.25) is 0 Å². The van der Waals surface area contributed by atoms with Gasteiger partial charge in [-0.15, -0.1) is 0 Å². The Balaban J connectivity index is 0.000000132. The topological polar surface area (TPSA) is 41.6 Å². The number of nitrogens with one attached hydrogen (secondary N) is 1. The highest BCUT2D eigenvalue weighted by molar-refractivity contribution is 14.1.